The van der Waals surface area contributed by atoms with E-state index in [1.165, 1.54) is 13.8 Å². The van der Waals surface area contributed by atoms with E-state index in [9.17, 15) is 9.59 Å². The van der Waals surface area contributed by atoms with Crippen LogP contribution in [0.1, 0.15) is 25.8 Å². The van der Waals surface area contributed by atoms with E-state index in [1.54, 1.807) is 24.3 Å². The van der Waals surface area contributed by atoms with Crippen LogP contribution in [-0.2, 0) is 16.0 Å². The Morgan fingerprint density at radius 2 is 1.72 bits per heavy atom. The van der Waals surface area contributed by atoms with Crippen molar-refractivity contribution >= 4 is 11.9 Å². The zero-order chi connectivity index (χ0) is 13.8. The highest BCUT2D eigenvalue weighted by molar-refractivity contribution is 5.76. The molecule has 0 amide bonds. The second kappa shape index (κ2) is 5.53. The first-order valence-electron chi connectivity index (χ1n) is 5.54. The van der Waals surface area contributed by atoms with E-state index in [2.05, 4.69) is 0 Å². The summed E-state index contributed by atoms with van der Waals surface area (Å²) in [5.41, 5.74) is -0.416. The second-order valence-corrected chi connectivity index (χ2v) is 4.46. The number of carboxylic acids is 2. The first-order chi connectivity index (χ1) is 8.31. The Balaban J connectivity index is 2.66. The maximum absolute atomic E-state index is 10.9. The highest BCUT2D eigenvalue weighted by Crippen LogP contribution is 2.19. The van der Waals surface area contributed by atoms with Gasteiger partial charge in [-0.15, -0.1) is 0 Å². The summed E-state index contributed by atoms with van der Waals surface area (Å²) in [4.78, 5) is 21.3. The average molecular weight is 253 g/mol. The van der Waals surface area contributed by atoms with Gasteiger partial charge in [0, 0.05) is 6.42 Å². The normalized spacial score (nSPS) is 11.0. The lowest BCUT2D eigenvalue weighted by molar-refractivity contribution is -0.152. The Morgan fingerprint density at radius 1 is 1.17 bits per heavy atom. The summed E-state index contributed by atoms with van der Waals surface area (Å²) in [7, 11) is 0. The molecule has 0 aliphatic rings. The summed E-state index contributed by atoms with van der Waals surface area (Å²) < 4.78 is 5.33. The number of ether oxygens (including phenoxy) is 1. The fraction of sp³-hybridized carbons (Fsp3) is 0.385. The van der Waals surface area contributed by atoms with Crippen LogP contribution in [0.25, 0.3) is 0 Å². The predicted molar refractivity (Wildman–Crippen MR) is 64.7 cm³/mol. The van der Waals surface area contributed by atoms with Crippen molar-refractivity contribution in [3.05, 3.63) is 29.8 Å². The van der Waals surface area contributed by atoms with E-state index in [4.69, 9.17) is 14.9 Å². The summed E-state index contributed by atoms with van der Waals surface area (Å²) in [5.74, 6) is -1.44. The third-order valence-electron chi connectivity index (χ3n) is 2.44. The zero-order valence-corrected chi connectivity index (χ0v) is 10.3. The molecule has 1 aromatic carbocycles. The average Bonchev–Trinajstić information content (AvgIpc) is 2.27. The molecule has 18 heavy (non-hydrogen) atoms. The molecule has 2 N–H and O–H groups in total. The third kappa shape index (κ3) is 4.08. The number of hydrogen-bond donors (Lipinski definition) is 2. The molecule has 0 unspecified atom stereocenters. The molecule has 0 aromatic heterocycles. The maximum Gasteiger partial charge on any atom is 0.347 e. The Morgan fingerprint density at radius 3 is 2.17 bits per heavy atom. The first-order valence-corrected chi connectivity index (χ1v) is 5.54. The standard InChI is InChI=1S/C13H16O5/c1-13(2,12(16)17)18-10-6-3-9(4-7-10)5-8-11(14)15/h3-4,6-7H,5,8H2,1-2H3,(H,14,15)(H,16,17)/i8+1. The molecule has 0 atom stereocenters. The topological polar surface area (TPSA) is 83.8 Å². The third-order valence-corrected chi connectivity index (χ3v) is 2.44. The quantitative estimate of drug-likeness (QED) is 0.757. The van der Waals surface area contributed by atoms with Gasteiger partial charge >= 0.3 is 11.9 Å². The van der Waals surface area contributed by atoms with Gasteiger partial charge in [-0.2, -0.15) is 0 Å². The molecule has 0 aliphatic heterocycles. The van der Waals surface area contributed by atoms with Gasteiger partial charge < -0.3 is 14.9 Å². The second-order valence-electron chi connectivity index (χ2n) is 4.46. The van der Waals surface area contributed by atoms with Crippen LogP contribution >= 0.6 is 0 Å². The van der Waals surface area contributed by atoms with E-state index in [1.807, 2.05) is 0 Å². The summed E-state index contributed by atoms with van der Waals surface area (Å²) >= 11 is 0. The van der Waals surface area contributed by atoms with Gasteiger partial charge in [0.1, 0.15) is 5.75 Å². The number of benzene rings is 1. The number of aryl methyl sites for hydroxylation is 1. The lowest BCUT2D eigenvalue weighted by atomic mass is 10.1. The number of carbonyl (C=O) groups is 2. The van der Waals surface area contributed by atoms with E-state index in [-0.39, 0.29) is 6.42 Å². The van der Waals surface area contributed by atoms with Gasteiger partial charge in [-0.3, -0.25) is 4.79 Å². The van der Waals surface area contributed by atoms with E-state index in [0.717, 1.165) is 5.56 Å². The van der Waals surface area contributed by atoms with Crippen molar-refractivity contribution in [1.29, 1.82) is 0 Å². The van der Waals surface area contributed by atoms with Crippen LogP contribution in [0.3, 0.4) is 0 Å². The molecule has 0 radical (unpaired) electrons. The van der Waals surface area contributed by atoms with Gasteiger partial charge in [0.2, 0.25) is 0 Å². The van der Waals surface area contributed by atoms with Gasteiger partial charge in [-0.05, 0) is 38.0 Å². The first kappa shape index (κ1) is 14.0. The molecule has 0 saturated heterocycles. The lowest BCUT2D eigenvalue weighted by Crippen LogP contribution is -2.37. The minimum Gasteiger partial charge on any atom is -0.481 e. The Hall–Kier alpha value is -2.04. The van der Waals surface area contributed by atoms with Crippen LogP contribution in [0.5, 0.6) is 5.75 Å². The molecule has 0 saturated carbocycles. The molecule has 0 spiro atoms. The van der Waals surface area contributed by atoms with Crippen LogP contribution < -0.4 is 4.74 Å². The fourth-order valence-corrected chi connectivity index (χ4v) is 1.31. The minimum absolute atomic E-state index is 0.0703. The molecule has 98 valence electrons. The number of aliphatic carboxylic acids is 2. The van der Waals surface area contributed by atoms with Crippen LogP contribution in [0.15, 0.2) is 24.3 Å². The molecule has 1 aromatic rings. The van der Waals surface area contributed by atoms with Crippen LogP contribution in [0.4, 0.5) is 0 Å². The lowest BCUT2D eigenvalue weighted by Gasteiger charge is -2.21. The molecule has 0 heterocycles. The molecule has 0 bridgehead atoms. The highest BCUT2D eigenvalue weighted by atomic mass is 16.5. The summed E-state index contributed by atoms with van der Waals surface area (Å²) in [6, 6.07) is 6.75. The molecular formula is C13H16O5. The fourth-order valence-electron chi connectivity index (χ4n) is 1.31. The maximum atomic E-state index is 10.9. The van der Waals surface area contributed by atoms with Gasteiger partial charge in [-0.1, -0.05) is 12.1 Å². The van der Waals surface area contributed by atoms with Gasteiger partial charge in [-0.25, -0.2) is 4.79 Å². The van der Waals surface area contributed by atoms with Crippen LogP contribution in [0, 0.1) is 0 Å². The number of rotatable bonds is 6. The summed E-state index contributed by atoms with van der Waals surface area (Å²) in [6.07, 6.45) is 0.513. The minimum atomic E-state index is -1.29. The summed E-state index contributed by atoms with van der Waals surface area (Å²) in [6.45, 7) is 2.93. The van der Waals surface area contributed by atoms with Gasteiger partial charge in [0.15, 0.2) is 5.60 Å². The van der Waals surface area contributed by atoms with Crippen LogP contribution in [0.2, 0.25) is 0 Å². The van der Waals surface area contributed by atoms with E-state index >= 15 is 0 Å². The van der Waals surface area contributed by atoms with Crippen molar-refractivity contribution in [3.63, 3.8) is 0 Å². The van der Waals surface area contributed by atoms with E-state index < -0.39 is 17.5 Å². The van der Waals surface area contributed by atoms with E-state index in [0.29, 0.717) is 12.2 Å². The SMILES string of the molecule is CC(C)(Oc1ccc(C[13CH2]C(=O)O)cc1)C(=O)O. The van der Waals surface area contributed by atoms with Crippen molar-refractivity contribution in [2.24, 2.45) is 0 Å². The zero-order valence-electron chi connectivity index (χ0n) is 10.3. The molecular weight excluding hydrogens is 237 g/mol. The van der Waals surface area contributed by atoms with Crippen molar-refractivity contribution in [1.82, 2.24) is 0 Å². The Bertz CT molecular complexity index is 433. The van der Waals surface area contributed by atoms with Crippen LogP contribution in [-0.4, -0.2) is 27.8 Å². The monoisotopic (exact) mass is 253 g/mol. The van der Waals surface area contributed by atoms with Crippen molar-refractivity contribution in [2.45, 2.75) is 32.3 Å². The highest BCUT2D eigenvalue weighted by Gasteiger charge is 2.29. The molecule has 5 nitrogen and oxygen atoms in total. The predicted octanol–water partition coefficient (Wildman–Crippen LogP) is 1.95. The smallest absolute Gasteiger partial charge is 0.347 e. The van der Waals surface area contributed by atoms with Gasteiger partial charge in [0.25, 0.3) is 0 Å². The Labute approximate surface area is 105 Å². The van der Waals surface area contributed by atoms with Crippen molar-refractivity contribution in [3.8, 4) is 5.75 Å². The molecule has 1 rings (SSSR count). The van der Waals surface area contributed by atoms with Gasteiger partial charge in [0.05, 0.1) is 0 Å². The molecule has 0 fully saturated rings. The molecule has 5 heteroatoms. The largest absolute Gasteiger partial charge is 0.481 e. The summed E-state index contributed by atoms with van der Waals surface area (Å²) in [5, 5.41) is 17.5. The number of carboxylic acid groups (broad SMARTS) is 2. The van der Waals surface area contributed by atoms with Crippen molar-refractivity contribution in [2.75, 3.05) is 0 Å². The molecule has 0 aliphatic carbocycles. The Kier molecular flexibility index (Phi) is 4.31. The van der Waals surface area contributed by atoms with Crippen molar-refractivity contribution < 1.29 is 24.5 Å². The number of hydrogen-bond acceptors (Lipinski definition) is 3.